The number of anilines is 1. The van der Waals surface area contributed by atoms with Gasteiger partial charge in [0.25, 0.3) is 5.56 Å². The standard InChI is InChI=1S/C17H15N3O3S/c1-24-13-5-2-4-12(10-13)18-16(21)11-20-17(22)8-7-14(19-20)15-6-3-9-23-15/h2-10H,11H2,1H3,(H,18,21). The molecule has 0 aliphatic rings. The monoisotopic (exact) mass is 341 g/mol. The first-order chi connectivity index (χ1) is 11.7. The van der Waals surface area contributed by atoms with E-state index in [4.69, 9.17) is 4.42 Å². The average Bonchev–Trinajstić information content (AvgIpc) is 3.11. The van der Waals surface area contributed by atoms with Crippen LogP contribution in [0.25, 0.3) is 11.5 Å². The van der Waals surface area contributed by atoms with Crippen molar-refractivity contribution < 1.29 is 9.21 Å². The Labute approximate surface area is 142 Å². The molecule has 2 aromatic heterocycles. The molecule has 1 aromatic carbocycles. The van der Waals surface area contributed by atoms with Gasteiger partial charge >= 0.3 is 0 Å². The fourth-order valence-electron chi connectivity index (χ4n) is 2.16. The molecule has 0 radical (unpaired) electrons. The van der Waals surface area contributed by atoms with Crippen LogP contribution in [0.5, 0.6) is 0 Å². The van der Waals surface area contributed by atoms with Crippen LogP contribution in [0.2, 0.25) is 0 Å². The highest BCUT2D eigenvalue weighted by molar-refractivity contribution is 7.98. The Balaban J connectivity index is 1.76. The minimum atomic E-state index is -0.349. The molecule has 0 saturated carbocycles. The highest BCUT2D eigenvalue weighted by Crippen LogP contribution is 2.19. The van der Waals surface area contributed by atoms with Gasteiger partial charge in [0, 0.05) is 16.6 Å². The number of carbonyl (C=O) groups excluding carboxylic acids is 1. The van der Waals surface area contributed by atoms with Crippen LogP contribution in [0.15, 0.2) is 68.9 Å². The first-order valence-electron chi connectivity index (χ1n) is 7.21. The van der Waals surface area contributed by atoms with Crippen molar-refractivity contribution in [2.75, 3.05) is 11.6 Å². The van der Waals surface area contributed by atoms with Crippen molar-refractivity contribution in [3.8, 4) is 11.5 Å². The van der Waals surface area contributed by atoms with Gasteiger partial charge in [-0.15, -0.1) is 11.8 Å². The van der Waals surface area contributed by atoms with Crippen molar-refractivity contribution in [1.82, 2.24) is 9.78 Å². The average molecular weight is 341 g/mol. The molecule has 0 unspecified atom stereocenters. The first-order valence-corrected chi connectivity index (χ1v) is 8.44. The number of hydrogen-bond donors (Lipinski definition) is 1. The van der Waals surface area contributed by atoms with E-state index in [9.17, 15) is 9.59 Å². The molecule has 0 saturated heterocycles. The van der Waals surface area contributed by atoms with Gasteiger partial charge in [-0.25, -0.2) is 4.68 Å². The number of thioether (sulfide) groups is 1. The number of aromatic nitrogens is 2. The molecule has 0 spiro atoms. The van der Waals surface area contributed by atoms with Gasteiger partial charge in [-0.3, -0.25) is 9.59 Å². The summed E-state index contributed by atoms with van der Waals surface area (Å²) in [5.41, 5.74) is 0.831. The van der Waals surface area contributed by atoms with E-state index < -0.39 is 0 Å². The minimum Gasteiger partial charge on any atom is -0.463 e. The maximum atomic E-state index is 12.2. The van der Waals surface area contributed by atoms with Crippen LogP contribution in [0, 0.1) is 0 Å². The molecule has 24 heavy (non-hydrogen) atoms. The number of nitrogens with zero attached hydrogens (tertiary/aromatic N) is 2. The predicted molar refractivity (Wildman–Crippen MR) is 93.1 cm³/mol. The summed E-state index contributed by atoms with van der Waals surface area (Å²) in [6.45, 7) is -0.170. The molecule has 2 heterocycles. The zero-order chi connectivity index (χ0) is 16.9. The van der Waals surface area contributed by atoms with Gasteiger partial charge in [0.1, 0.15) is 12.2 Å². The van der Waals surface area contributed by atoms with Crippen LogP contribution in [0.4, 0.5) is 5.69 Å². The smallest absolute Gasteiger partial charge is 0.267 e. The normalized spacial score (nSPS) is 10.5. The van der Waals surface area contributed by atoms with E-state index >= 15 is 0 Å². The van der Waals surface area contributed by atoms with Crippen LogP contribution < -0.4 is 10.9 Å². The van der Waals surface area contributed by atoms with Gasteiger partial charge in [0.2, 0.25) is 5.91 Å². The maximum Gasteiger partial charge on any atom is 0.267 e. The second-order valence-electron chi connectivity index (χ2n) is 4.97. The molecule has 0 aliphatic carbocycles. The molecule has 0 bridgehead atoms. The Morgan fingerprint density at radius 1 is 1.25 bits per heavy atom. The molecule has 6 nitrogen and oxygen atoms in total. The Morgan fingerprint density at radius 2 is 2.12 bits per heavy atom. The summed E-state index contributed by atoms with van der Waals surface area (Å²) in [7, 11) is 0. The summed E-state index contributed by atoms with van der Waals surface area (Å²) in [5.74, 6) is 0.219. The summed E-state index contributed by atoms with van der Waals surface area (Å²) in [6, 6.07) is 13.9. The lowest BCUT2D eigenvalue weighted by molar-refractivity contribution is -0.117. The van der Waals surface area contributed by atoms with Crippen LogP contribution in [-0.2, 0) is 11.3 Å². The van der Waals surface area contributed by atoms with Gasteiger partial charge in [0.15, 0.2) is 5.76 Å². The molecule has 122 valence electrons. The zero-order valence-electron chi connectivity index (χ0n) is 12.9. The lowest BCUT2D eigenvalue weighted by atomic mass is 10.3. The summed E-state index contributed by atoms with van der Waals surface area (Å²) in [4.78, 5) is 25.2. The zero-order valence-corrected chi connectivity index (χ0v) is 13.7. The van der Waals surface area contributed by atoms with Gasteiger partial charge in [-0.1, -0.05) is 6.07 Å². The Kier molecular flexibility index (Phi) is 4.81. The van der Waals surface area contributed by atoms with E-state index in [1.807, 2.05) is 24.5 Å². The van der Waals surface area contributed by atoms with Crippen molar-refractivity contribution in [3.63, 3.8) is 0 Å². The number of furan rings is 1. The molecule has 1 N–H and O–H groups in total. The number of carbonyl (C=O) groups is 1. The molecular weight excluding hydrogens is 326 g/mol. The molecule has 7 heteroatoms. The van der Waals surface area contributed by atoms with Crippen molar-refractivity contribution in [2.45, 2.75) is 11.4 Å². The van der Waals surface area contributed by atoms with Gasteiger partial charge in [0.05, 0.1) is 6.26 Å². The highest BCUT2D eigenvalue weighted by Gasteiger charge is 2.10. The lowest BCUT2D eigenvalue weighted by Crippen LogP contribution is -2.29. The van der Waals surface area contributed by atoms with E-state index in [1.165, 1.54) is 12.3 Å². The number of amides is 1. The molecule has 3 rings (SSSR count). The van der Waals surface area contributed by atoms with E-state index in [0.717, 1.165) is 9.58 Å². The number of nitrogens with one attached hydrogen (secondary N) is 1. The fraction of sp³-hybridized carbons (Fsp3) is 0.118. The number of rotatable bonds is 5. The second-order valence-corrected chi connectivity index (χ2v) is 5.85. The van der Waals surface area contributed by atoms with E-state index in [1.54, 1.807) is 36.0 Å². The molecule has 3 aromatic rings. The van der Waals surface area contributed by atoms with E-state index in [0.29, 0.717) is 17.1 Å². The Morgan fingerprint density at radius 3 is 2.88 bits per heavy atom. The predicted octanol–water partition coefficient (Wildman–Crippen LogP) is 2.86. The van der Waals surface area contributed by atoms with Crippen molar-refractivity contribution >= 4 is 23.4 Å². The first kappa shape index (κ1) is 16.1. The minimum absolute atomic E-state index is 0.170. The van der Waals surface area contributed by atoms with Crippen molar-refractivity contribution in [3.05, 3.63) is 65.1 Å². The lowest BCUT2D eigenvalue weighted by Gasteiger charge is -2.08. The van der Waals surface area contributed by atoms with E-state index in [2.05, 4.69) is 10.4 Å². The number of benzene rings is 1. The Bertz CT molecular complexity index is 903. The van der Waals surface area contributed by atoms with Crippen LogP contribution >= 0.6 is 11.8 Å². The van der Waals surface area contributed by atoms with Gasteiger partial charge in [-0.05, 0) is 42.7 Å². The van der Waals surface area contributed by atoms with Crippen molar-refractivity contribution in [1.29, 1.82) is 0 Å². The second kappa shape index (κ2) is 7.18. The maximum absolute atomic E-state index is 12.2. The largest absolute Gasteiger partial charge is 0.463 e. The summed E-state index contributed by atoms with van der Waals surface area (Å²) in [6.07, 6.45) is 3.49. The van der Waals surface area contributed by atoms with Crippen molar-refractivity contribution in [2.24, 2.45) is 0 Å². The highest BCUT2D eigenvalue weighted by atomic mass is 32.2. The molecule has 0 fully saturated rings. The van der Waals surface area contributed by atoms with Crippen LogP contribution in [-0.4, -0.2) is 21.9 Å². The van der Waals surface area contributed by atoms with Gasteiger partial charge < -0.3 is 9.73 Å². The van der Waals surface area contributed by atoms with Crippen LogP contribution in [0.3, 0.4) is 0 Å². The third-order valence-electron chi connectivity index (χ3n) is 3.29. The van der Waals surface area contributed by atoms with Gasteiger partial charge in [-0.2, -0.15) is 5.10 Å². The third-order valence-corrected chi connectivity index (χ3v) is 4.01. The summed E-state index contributed by atoms with van der Waals surface area (Å²) < 4.78 is 6.38. The molecule has 1 amide bonds. The summed E-state index contributed by atoms with van der Waals surface area (Å²) in [5, 5.41) is 6.95. The number of hydrogen-bond acceptors (Lipinski definition) is 5. The Hall–Kier alpha value is -2.80. The molecule has 0 atom stereocenters. The van der Waals surface area contributed by atoms with E-state index in [-0.39, 0.29) is 18.0 Å². The van der Waals surface area contributed by atoms with Crippen LogP contribution in [0.1, 0.15) is 0 Å². The SMILES string of the molecule is CSc1cccc(NC(=O)Cn2nc(-c3ccco3)ccc2=O)c1. The molecular formula is C17H15N3O3S. The quantitative estimate of drug-likeness (QED) is 0.722. The molecule has 0 aliphatic heterocycles. The fourth-order valence-corrected chi connectivity index (χ4v) is 2.61. The third kappa shape index (κ3) is 3.75. The topological polar surface area (TPSA) is 77.1 Å². The summed E-state index contributed by atoms with van der Waals surface area (Å²) >= 11 is 1.59.